The van der Waals surface area contributed by atoms with Crippen molar-refractivity contribution in [1.29, 1.82) is 0 Å². The Morgan fingerprint density at radius 1 is 0.950 bits per heavy atom. The van der Waals surface area contributed by atoms with Crippen molar-refractivity contribution in [2.24, 2.45) is 5.92 Å². The lowest BCUT2D eigenvalue weighted by Gasteiger charge is -2.37. The van der Waals surface area contributed by atoms with E-state index in [0.717, 1.165) is 25.7 Å². The fourth-order valence-electron chi connectivity index (χ4n) is 6.22. The highest BCUT2D eigenvalue weighted by atomic mass is 16.3. The number of carbonyl (C=O) groups excluding carboxylic acids is 5. The van der Waals surface area contributed by atoms with Crippen LogP contribution < -0.4 is 16.0 Å². The highest BCUT2D eigenvalue weighted by Crippen LogP contribution is 2.29. The summed E-state index contributed by atoms with van der Waals surface area (Å²) in [4.78, 5) is 67.9. The first kappa shape index (κ1) is 32.0. The van der Waals surface area contributed by atoms with Gasteiger partial charge in [0.2, 0.25) is 23.6 Å². The number of ketones is 1. The van der Waals surface area contributed by atoms with Gasteiger partial charge in [-0.25, -0.2) is 0 Å². The molecule has 0 bridgehead atoms. The highest BCUT2D eigenvalue weighted by molar-refractivity contribution is 5.99. The van der Waals surface area contributed by atoms with Crippen molar-refractivity contribution >= 4 is 29.4 Å². The Bertz CT molecular complexity index is 920. The molecule has 0 aromatic rings. The van der Waals surface area contributed by atoms with Gasteiger partial charge in [-0.2, -0.15) is 0 Å². The molecule has 10 nitrogen and oxygen atoms in total. The summed E-state index contributed by atoms with van der Waals surface area (Å²) in [5.41, 5.74) is -1.24. The molecular weight excluding hydrogens is 512 g/mol. The smallest absolute Gasteiger partial charge is 0.246 e. The fourth-order valence-corrected chi connectivity index (χ4v) is 6.22. The Morgan fingerprint density at radius 2 is 1.68 bits per heavy atom. The third kappa shape index (κ3) is 8.27. The van der Waals surface area contributed by atoms with Crippen LogP contribution in [0.2, 0.25) is 0 Å². The molecule has 4 amide bonds. The van der Waals surface area contributed by atoms with E-state index in [1.54, 1.807) is 18.7 Å². The SMILES string of the molecule is CC[C@@H](O)C(=O)CCCCC[C@@H]1NC(=O)[C@H]2CCCN2C(=O)[C@H](CC2CCCCC2)NC(=O)[C@](C)(CC)NC1=O. The minimum Gasteiger partial charge on any atom is -0.385 e. The number of aliphatic hydroxyl groups excluding tert-OH is 1. The lowest BCUT2D eigenvalue weighted by Crippen LogP contribution is -2.65. The molecule has 4 N–H and O–H groups in total. The van der Waals surface area contributed by atoms with Gasteiger partial charge in [-0.1, -0.05) is 58.8 Å². The molecule has 1 aliphatic carbocycles. The minimum atomic E-state index is -1.24. The zero-order chi connectivity index (χ0) is 29.3. The number of rotatable bonds is 11. The molecule has 3 rings (SSSR count). The maximum absolute atomic E-state index is 13.8. The van der Waals surface area contributed by atoms with Crippen LogP contribution in [0.4, 0.5) is 0 Å². The van der Waals surface area contributed by atoms with E-state index < -0.39 is 35.7 Å². The molecule has 2 heterocycles. The van der Waals surface area contributed by atoms with Crippen LogP contribution in [-0.4, -0.2) is 75.7 Å². The molecule has 3 fully saturated rings. The van der Waals surface area contributed by atoms with Crippen LogP contribution in [0.3, 0.4) is 0 Å². The average Bonchev–Trinajstić information content (AvgIpc) is 3.45. The van der Waals surface area contributed by atoms with E-state index in [1.165, 1.54) is 6.42 Å². The zero-order valence-corrected chi connectivity index (χ0v) is 24.6. The van der Waals surface area contributed by atoms with Crippen molar-refractivity contribution < 1.29 is 29.1 Å². The first-order valence-electron chi connectivity index (χ1n) is 15.5. The summed E-state index contributed by atoms with van der Waals surface area (Å²) in [7, 11) is 0. The first-order valence-corrected chi connectivity index (χ1v) is 15.5. The standard InChI is InChI=1S/C30H50N4O6/c1-4-24(35)25(36)17-11-7-10-15-21-26(37)33-30(3,5-2)29(40)32-22(19-20-13-8-6-9-14-20)28(39)34-18-12-16-23(34)27(38)31-21/h20-24,35H,4-19H2,1-3H3,(H,31,38)(H,32,40)(H,33,37)/t21-,22-,23+,24+,30-/m0/s1. The number of hydrogen-bond donors (Lipinski definition) is 4. The largest absolute Gasteiger partial charge is 0.385 e. The van der Waals surface area contributed by atoms with E-state index in [1.807, 2.05) is 6.92 Å². The third-order valence-electron chi connectivity index (χ3n) is 9.15. The molecule has 0 spiro atoms. The van der Waals surface area contributed by atoms with Gasteiger partial charge in [0, 0.05) is 13.0 Å². The summed E-state index contributed by atoms with van der Waals surface area (Å²) in [6, 6.07) is -2.26. The van der Waals surface area contributed by atoms with E-state index in [-0.39, 0.29) is 29.9 Å². The lowest BCUT2D eigenvalue weighted by atomic mass is 9.84. The van der Waals surface area contributed by atoms with Crippen LogP contribution in [0.15, 0.2) is 0 Å². The van der Waals surface area contributed by atoms with E-state index in [0.29, 0.717) is 70.3 Å². The van der Waals surface area contributed by atoms with Crippen molar-refractivity contribution in [2.45, 2.75) is 147 Å². The molecule has 226 valence electrons. The number of nitrogens with one attached hydrogen (secondary N) is 3. The Hall–Kier alpha value is -2.49. The van der Waals surface area contributed by atoms with Gasteiger partial charge in [0.1, 0.15) is 29.8 Å². The molecule has 10 heteroatoms. The number of fused-ring (bicyclic) bond motifs is 1. The second kappa shape index (κ2) is 14.9. The summed E-state index contributed by atoms with van der Waals surface area (Å²) in [5, 5.41) is 18.4. The Morgan fingerprint density at radius 3 is 2.35 bits per heavy atom. The third-order valence-corrected chi connectivity index (χ3v) is 9.15. The summed E-state index contributed by atoms with van der Waals surface area (Å²) < 4.78 is 0. The Balaban J connectivity index is 1.76. The fraction of sp³-hybridized carbons (Fsp3) is 0.833. The van der Waals surface area contributed by atoms with Crippen molar-refractivity contribution in [3.05, 3.63) is 0 Å². The maximum Gasteiger partial charge on any atom is 0.246 e. The molecule has 0 aromatic heterocycles. The quantitative estimate of drug-likeness (QED) is 0.285. The van der Waals surface area contributed by atoms with Crippen LogP contribution in [0, 0.1) is 5.92 Å². The van der Waals surface area contributed by atoms with Crippen molar-refractivity contribution in [3.8, 4) is 0 Å². The zero-order valence-electron chi connectivity index (χ0n) is 24.6. The summed E-state index contributed by atoms with van der Waals surface area (Å²) >= 11 is 0. The normalized spacial score (nSPS) is 29.5. The van der Waals surface area contributed by atoms with Crippen molar-refractivity contribution in [2.75, 3.05) is 6.54 Å². The number of nitrogens with zero attached hydrogens (tertiary/aromatic N) is 1. The van der Waals surface area contributed by atoms with Crippen LogP contribution >= 0.6 is 0 Å². The second-order valence-electron chi connectivity index (χ2n) is 12.2. The Kier molecular flexibility index (Phi) is 12.0. The highest BCUT2D eigenvalue weighted by Gasteiger charge is 2.43. The number of carbonyl (C=O) groups is 5. The molecular formula is C30H50N4O6. The van der Waals surface area contributed by atoms with Crippen LogP contribution in [0.1, 0.15) is 117 Å². The van der Waals surface area contributed by atoms with Gasteiger partial charge in [-0.3, -0.25) is 24.0 Å². The maximum atomic E-state index is 13.8. The van der Waals surface area contributed by atoms with Crippen molar-refractivity contribution in [1.82, 2.24) is 20.9 Å². The van der Waals surface area contributed by atoms with Crippen molar-refractivity contribution in [3.63, 3.8) is 0 Å². The first-order chi connectivity index (χ1) is 19.1. The molecule has 0 aromatic carbocycles. The molecule has 40 heavy (non-hydrogen) atoms. The monoisotopic (exact) mass is 562 g/mol. The van der Waals surface area contributed by atoms with Crippen LogP contribution in [-0.2, 0) is 24.0 Å². The molecule has 2 aliphatic heterocycles. The van der Waals surface area contributed by atoms with Gasteiger partial charge >= 0.3 is 0 Å². The summed E-state index contributed by atoms with van der Waals surface area (Å²) in [5.74, 6) is -1.20. The van der Waals surface area contributed by atoms with Gasteiger partial charge in [0.25, 0.3) is 0 Å². The van der Waals surface area contributed by atoms with Gasteiger partial charge in [-0.05, 0) is 57.8 Å². The van der Waals surface area contributed by atoms with E-state index >= 15 is 0 Å². The van der Waals surface area contributed by atoms with E-state index in [4.69, 9.17) is 0 Å². The molecule has 3 aliphatic rings. The van der Waals surface area contributed by atoms with Crippen LogP contribution in [0.25, 0.3) is 0 Å². The van der Waals surface area contributed by atoms with Gasteiger partial charge in [0.05, 0.1) is 0 Å². The number of amides is 4. The van der Waals surface area contributed by atoms with Gasteiger partial charge in [0.15, 0.2) is 5.78 Å². The van der Waals surface area contributed by atoms with Crippen LogP contribution in [0.5, 0.6) is 0 Å². The Labute approximate surface area is 238 Å². The second-order valence-corrected chi connectivity index (χ2v) is 12.2. The average molecular weight is 563 g/mol. The number of hydrogen-bond acceptors (Lipinski definition) is 6. The van der Waals surface area contributed by atoms with Gasteiger partial charge in [-0.15, -0.1) is 0 Å². The van der Waals surface area contributed by atoms with E-state index in [9.17, 15) is 29.1 Å². The minimum absolute atomic E-state index is 0.183. The van der Waals surface area contributed by atoms with Gasteiger partial charge < -0.3 is 26.0 Å². The number of aliphatic hydroxyl groups is 1. The predicted octanol–water partition coefficient (Wildman–Crippen LogP) is 2.51. The molecule has 5 atom stereocenters. The molecule has 1 saturated carbocycles. The predicted molar refractivity (Wildman–Crippen MR) is 151 cm³/mol. The number of unbranched alkanes of at least 4 members (excludes halogenated alkanes) is 2. The molecule has 0 unspecified atom stereocenters. The molecule has 0 radical (unpaired) electrons. The summed E-state index contributed by atoms with van der Waals surface area (Å²) in [6.07, 6.45) is 9.45. The summed E-state index contributed by atoms with van der Waals surface area (Å²) in [6.45, 7) is 5.69. The molecule has 2 saturated heterocycles. The lowest BCUT2D eigenvalue weighted by molar-refractivity contribution is -0.145. The topological polar surface area (TPSA) is 145 Å². The number of Topliss-reactive ketones (excluding diaryl/α,β-unsaturated/α-hetero) is 1. The van der Waals surface area contributed by atoms with E-state index in [2.05, 4.69) is 16.0 Å².